The predicted octanol–water partition coefficient (Wildman–Crippen LogP) is -0.572. The number of hydrogen-bond donors (Lipinski definition) is 3. The molecule has 0 aromatic carbocycles. The zero-order chi connectivity index (χ0) is 13.7. The van der Waals surface area contributed by atoms with Crippen molar-refractivity contribution in [2.45, 2.75) is 11.3 Å². The van der Waals surface area contributed by atoms with Gasteiger partial charge in [-0.25, -0.2) is 9.97 Å². The fraction of sp³-hybridized carbons (Fsp3) is 0.333. The number of nitrogens with one attached hydrogen (secondary N) is 1. The number of primary amides is 1. The summed E-state index contributed by atoms with van der Waals surface area (Å²) in [5.41, 5.74) is 4.82. The molecule has 9 heteroatoms. The SMILES string of the molecule is CSc1ncc(Cl)c(C(=O)NCC(O)C(N)=O)n1. The van der Waals surface area contributed by atoms with Gasteiger partial charge in [0.15, 0.2) is 10.9 Å². The van der Waals surface area contributed by atoms with Crippen LogP contribution >= 0.6 is 23.4 Å². The number of aliphatic hydroxyl groups is 1. The summed E-state index contributed by atoms with van der Waals surface area (Å²) in [6.07, 6.45) is 1.61. The van der Waals surface area contributed by atoms with Crippen LogP contribution in [0.1, 0.15) is 10.5 Å². The van der Waals surface area contributed by atoms with Gasteiger partial charge in [-0.2, -0.15) is 0 Å². The van der Waals surface area contributed by atoms with E-state index in [9.17, 15) is 9.59 Å². The highest BCUT2D eigenvalue weighted by molar-refractivity contribution is 7.98. The van der Waals surface area contributed by atoms with Crippen molar-refractivity contribution in [2.75, 3.05) is 12.8 Å². The van der Waals surface area contributed by atoms with Gasteiger partial charge in [0.1, 0.15) is 6.10 Å². The lowest BCUT2D eigenvalue weighted by atomic mass is 10.3. The van der Waals surface area contributed by atoms with E-state index in [1.54, 1.807) is 6.26 Å². The summed E-state index contributed by atoms with van der Waals surface area (Å²) < 4.78 is 0. The van der Waals surface area contributed by atoms with Gasteiger partial charge in [-0.3, -0.25) is 9.59 Å². The lowest BCUT2D eigenvalue weighted by Gasteiger charge is -2.09. The first-order valence-corrected chi connectivity index (χ1v) is 6.38. The van der Waals surface area contributed by atoms with Crippen LogP contribution in [-0.2, 0) is 4.79 Å². The molecule has 1 aromatic rings. The van der Waals surface area contributed by atoms with Gasteiger partial charge in [0.25, 0.3) is 5.91 Å². The van der Waals surface area contributed by atoms with Crippen molar-refractivity contribution in [3.63, 3.8) is 0 Å². The molecule has 2 amide bonds. The molecule has 4 N–H and O–H groups in total. The summed E-state index contributed by atoms with van der Waals surface area (Å²) >= 11 is 7.03. The molecule has 0 fully saturated rings. The molecule has 98 valence electrons. The van der Waals surface area contributed by atoms with Crippen LogP contribution in [0.2, 0.25) is 5.02 Å². The number of aromatic nitrogens is 2. The molecular weight excluding hydrogens is 280 g/mol. The summed E-state index contributed by atoms with van der Waals surface area (Å²) in [4.78, 5) is 30.1. The number of aliphatic hydroxyl groups excluding tert-OH is 1. The lowest BCUT2D eigenvalue weighted by molar-refractivity contribution is -0.125. The maximum atomic E-state index is 11.7. The number of halogens is 1. The molecule has 0 bridgehead atoms. The molecule has 0 aliphatic carbocycles. The molecule has 1 rings (SSSR count). The van der Waals surface area contributed by atoms with Crippen molar-refractivity contribution in [1.29, 1.82) is 0 Å². The van der Waals surface area contributed by atoms with Crippen molar-refractivity contribution >= 4 is 35.2 Å². The second-order valence-electron chi connectivity index (χ2n) is 3.18. The Morgan fingerprint density at radius 2 is 2.33 bits per heavy atom. The summed E-state index contributed by atoms with van der Waals surface area (Å²) in [5, 5.41) is 11.9. The van der Waals surface area contributed by atoms with E-state index in [1.165, 1.54) is 18.0 Å². The third-order valence-corrected chi connectivity index (χ3v) is 2.74. The Labute approximate surface area is 112 Å². The molecule has 1 atom stereocenters. The second kappa shape index (κ2) is 6.53. The Morgan fingerprint density at radius 1 is 1.67 bits per heavy atom. The summed E-state index contributed by atoms with van der Waals surface area (Å²) in [6.45, 7) is -0.302. The van der Waals surface area contributed by atoms with E-state index in [0.29, 0.717) is 5.16 Å². The average Bonchev–Trinajstić information content (AvgIpc) is 2.35. The number of rotatable bonds is 5. The minimum Gasteiger partial charge on any atom is -0.381 e. The van der Waals surface area contributed by atoms with E-state index in [4.69, 9.17) is 22.4 Å². The van der Waals surface area contributed by atoms with Gasteiger partial charge in [-0.15, -0.1) is 0 Å². The topological polar surface area (TPSA) is 118 Å². The Balaban J connectivity index is 2.75. The number of nitrogens with zero attached hydrogens (tertiary/aromatic N) is 2. The Bertz CT molecular complexity index is 471. The largest absolute Gasteiger partial charge is 0.381 e. The van der Waals surface area contributed by atoms with Crippen molar-refractivity contribution in [3.8, 4) is 0 Å². The van der Waals surface area contributed by atoms with Gasteiger partial charge < -0.3 is 16.2 Å². The average molecular weight is 291 g/mol. The first kappa shape index (κ1) is 14.7. The predicted molar refractivity (Wildman–Crippen MR) is 66.4 cm³/mol. The van der Waals surface area contributed by atoms with Crippen LogP contribution in [0.3, 0.4) is 0 Å². The Morgan fingerprint density at radius 3 is 2.89 bits per heavy atom. The summed E-state index contributed by atoms with van der Waals surface area (Å²) in [6, 6.07) is 0. The van der Waals surface area contributed by atoms with Crippen LogP contribution in [0, 0.1) is 0 Å². The van der Waals surface area contributed by atoms with Gasteiger partial charge in [-0.05, 0) is 6.26 Å². The smallest absolute Gasteiger partial charge is 0.271 e. The van der Waals surface area contributed by atoms with E-state index in [-0.39, 0.29) is 17.3 Å². The number of carbonyl (C=O) groups excluding carboxylic acids is 2. The van der Waals surface area contributed by atoms with E-state index >= 15 is 0 Å². The second-order valence-corrected chi connectivity index (χ2v) is 4.36. The van der Waals surface area contributed by atoms with Crippen LogP contribution < -0.4 is 11.1 Å². The van der Waals surface area contributed by atoms with Gasteiger partial charge in [-0.1, -0.05) is 23.4 Å². The van der Waals surface area contributed by atoms with Gasteiger partial charge in [0.05, 0.1) is 17.8 Å². The molecule has 0 spiro atoms. The number of hydrogen-bond acceptors (Lipinski definition) is 6. The van der Waals surface area contributed by atoms with Crippen LogP contribution in [0.5, 0.6) is 0 Å². The van der Waals surface area contributed by atoms with Crippen molar-refractivity contribution in [3.05, 3.63) is 16.9 Å². The molecule has 0 radical (unpaired) electrons. The number of carbonyl (C=O) groups is 2. The fourth-order valence-corrected chi connectivity index (χ4v) is 1.50. The molecule has 1 unspecified atom stereocenters. The highest BCUT2D eigenvalue weighted by Crippen LogP contribution is 2.16. The number of nitrogens with two attached hydrogens (primary N) is 1. The van der Waals surface area contributed by atoms with Crippen molar-refractivity contribution in [1.82, 2.24) is 15.3 Å². The normalized spacial score (nSPS) is 11.9. The minimum absolute atomic E-state index is 0.0207. The third kappa shape index (κ3) is 3.83. The first-order chi connectivity index (χ1) is 8.45. The molecule has 0 aliphatic rings. The molecule has 18 heavy (non-hydrogen) atoms. The highest BCUT2D eigenvalue weighted by Gasteiger charge is 2.17. The van der Waals surface area contributed by atoms with Crippen LogP contribution in [-0.4, -0.2) is 45.8 Å². The van der Waals surface area contributed by atoms with E-state index in [2.05, 4.69) is 15.3 Å². The molecular formula is C9H11ClN4O3S. The van der Waals surface area contributed by atoms with Crippen LogP contribution in [0.15, 0.2) is 11.4 Å². The Hall–Kier alpha value is -1.38. The third-order valence-electron chi connectivity index (χ3n) is 1.90. The first-order valence-electron chi connectivity index (χ1n) is 4.77. The van der Waals surface area contributed by atoms with Crippen LogP contribution in [0.25, 0.3) is 0 Å². The van der Waals surface area contributed by atoms with E-state index in [0.717, 1.165) is 0 Å². The van der Waals surface area contributed by atoms with Gasteiger partial charge >= 0.3 is 0 Å². The van der Waals surface area contributed by atoms with Crippen molar-refractivity contribution in [2.24, 2.45) is 5.73 Å². The summed E-state index contributed by atoms with van der Waals surface area (Å²) in [5.74, 6) is -1.54. The maximum Gasteiger partial charge on any atom is 0.271 e. The van der Waals surface area contributed by atoms with Gasteiger partial charge in [0, 0.05) is 0 Å². The lowest BCUT2D eigenvalue weighted by Crippen LogP contribution is -2.40. The standard InChI is InChI=1S/C9H11ClN4O3S/c1-18-9-13-2-4(10)6(14-9)8(17)12-3-5(15)7(11)16/h2,5,15H,3H2,1H3,(H2,11,16)(H,12,17). The molecule has 0 saturated carbocycles. The number of thioether (sulfide) groups is 1. The quantitative estimate of drug-likeness (QED) is 0.493. The van der Waals surface area contributed by atoms with Crippen LogP contribution in [0.4, 0.5) is 0 Å². The summed E-state index contributed by atoms with van der Waals surface area (Å²) in [7, 11) is 0. The zero-order valence-electron chi connectivity index (χ0n) is 9.38. The highest BCUT2D eigenvalue weighted by atomic mass is 35.5. The number of amides is 2. The molecule has 1 heterocycles. The molecule has 1 aromatic heterocycles. The monoisotopic (exact) mass is 290 g/mol. The minimum atomic E-state index is -1.45. The Kier molecular flexibility index (Phi) is 5.32. The van der Waals surface area contributed by atoms with Gasteiger partial charge in [0.2, 0.25) is 5.91 Å². The molecule has 7 nitrogen and oxygen atoms in total. The molecule has 0 aliphatic heterocycles. The zero-order valence-corrected chi connectivity index (χ0v) is 11.0. The van der Waals surface area contributed by atoms with E-state index < -0.39 is 17.9 Å². The maximum absolute atomic E-state index is 11.7. The van der Waals surface area contributed by atoms with E-state index in [1.807, 2.05) is 0 Å². The molecule has 0 saturated heterocycles. The fourth-order valence-electron chi connectivity index (χ4n) is 0.982. The van der Waals surface area contributed by atoms with Crippen molar-refractivity contribution < 1.29 is 14.7 Å².